The first-order valence-corrected chi connectivity index (χ1v) is 11.7. The Morgan fingerprint density at radius 2 is 1.85 bits per heavy atom. The summed E-state index contributed by atoms with van der Waals surface area (Å²) >= 11 is 6.46. The van der Waals surface area contributed by atoms with Gasteiger partial charge in [0, 0.05) is 36.3 Å². The molecule has 2 aromatic heterocycles. The standard InChI is InChI=1S/C27H29ClN4O/c1-4-24(27(33)30-14-12-21-10-7-8-13-29-21)32-25-16-19(3)18(2)15-23(25)31-26(32)17-20-9-5-6-11-22(20)28/h5-11,13,15-16,24H,4,12,14,17H2,1-3H3,(H,30,33)/t24-/m1/s1. The fourth-order valence-corrected chi connectivity index (χ4v) is 4.35. The Morgan fingerprint density at radius 1 is 1.09 bits per heavy atom. The minimum atomic E-state index is -0.363. The number of fused-ring (bicyclic) bond motifs is 1. The predicted octanol–water partition coefficient (Wildman–Crippen LogP) is 5.60. The molecule has 33 heavy (non-hydrogen) atoms. The van der Waals surface area contributed by atoms with Crippen LogP contribution in [0.5, 0.6) is 0 Å². The van der Waals surface area contributed by atoms with Crippen molar-refractivity contribution in [2.24, 2.45) is 0 Å². The Morgan fingerprint density at radius 3 is 2.58 bits per heavy atom. The van der Waals surface area contributed by atoms with Crippen LogP contribution in [0.1, 0.15) is 47.6 Å². The number of aryl methyl sites for hydroxylation is 2. The van der Waals surface area contributed by atoms with Crippen molar-refractivity contribution in [3.63, 3.8) is 0 Å². The number of pyridine rings is 1. The van der Waals surface area contributed by atoms with E-state index in [0.717, 1.165) is 28.1 Å². The van der Waals surface area contributed by atoms with Crippen LogP contribution in [0.4, 0.5) is 0 Å². The minimum Gasteiger partial charge on any atom is -0.354 e. The van der Waals surface area contributed by atoms with Crippen molar-refractivity contribution in [3.05, 3.63) is 94.0 Å². The second-order valence-corrected chi connectivity index (χ2v) is 8.78. The number of nitrogens with one attached hydrogen (secondary N) is 1. The van der Waals surface area contributed by atoms with Gasteiger partial charge in [-0.2, -0.15) is 0 Å². The summed E-state index contributed by atoms with van der Waals surface area (Å²) in [5.74, 6) is 0.834. The molecule has 0 fully saturated rings. The molecule has 4 aromatic rings. The molecule has 0 spiro atoms. The molecule has 170 valence electrons. The minimum absolute atomic E-state index is 0.00799. The molecular weight excluding hydrogens is 432 g/mol. The van der Waals surface area contributed by atoms with Crippen molar-refractivity contribution in [1.82, 2.24) is 19.9 Å². The summed E-state index contributed by atoms with van der Waals surface area (Å²) in [4.78, 5) is 22.6. The number of benzene rings is 2. The highest BCUT2D eigenvalue weighted by Crippen LogP contribution is 2.29. The Hall–Kier alpha value is -3.18. The number of nitrogens with zero attached hydrogens (tertiary/aromatic N) is 3. The van der Waals surface area contributed by atoms with Gasteiger partial charge >= 0.3 is 0 Å². The number of rotatable bonds is 8. The third-order valence-corrected chi connectivity index (χ3v) is 6.46. The van der Waals surface area contributed by atoms with Gasteiger partial charge in [-0.1, -0.05) is 42.8 Å². The number of amides is 1. The first kappa shape index (κ1) is 23.0. The lowest BCUT2D eigenvalue weighted by atomic mass is 10.1. The molecule has 0 bridgehead atoms. The lowest BCUT2D eigenvalue weighted by molar-refractivity contribution is -0.124. The predicted molar refractivity (Wildman–Crippen MR) is 134 cm³/mol. The second-order valence-electron chi connectivity index (χ2n) is 8.38. The number of carbonyl (C=O) groups is 1. The largest absolute Gasteiger partial charge is 0.354 e. The Labute approximate surface area is 199 Å². The molecule has 0 unspecified atom stereocenters. The highest BCUT2D eigenvalue weighted by molar-refractivity contribution is 6.31. The van der Waals surface area contributed by atoms with Crippen molar-refractivity contribution in [3.8, 4) is 0 Å². The molecule has 1 N–H and O–H groups in total. The summed E-state index contributed by atoms with van der Waals surface area (Å²) < 4.78 is 2.10. The van der Waals surface area contributed by atoms with Crippen LogP contribution in [0, 0.1) is 13.8 Å². The van der Waals surface area contributed by atoms with Gasteiger partial charge in [-0.3, -0.25) is 9.78 Å². The van der Waals surface area contributed by atoms with Gasteiger partial charge in [-0.05, 0) is 67.3 Å². The maximum Gasteiger partial charge on any atom is 0.243 e. The highest BCUT2D eigenvalue weighted by Gasteiger charge is 2.25. The summed E-state index contributed by atoms with van der Waals surface area (Å²) in [7, 11) is 0. The molecule has 5 nitrogen and oxygen atoms in total. The summed E-state index contributed by atoms with van der Waals surface area (Å²) in [6.45, 7) is 6.75. The van der Waals surface area contributed by atoms with Crippen LogP contribution in [0.15, 0.2) is 60.8 Å². The number of halogens is 1. The summed E-state index contributed by atoms with van der Waals surface area (Å²) in [5, 5.41) is 3.81. The van der Waals surface area contributed by atoms with E-state index in [-0.39, 0.29) is 11.9 Å². The van der Waals surface area contributed by atoms with Crippen LogP contribution >= 0.6 is 11.6 Å². The van der Waals surface area contributed by atoms with Crippen LogP contribution in [0.2, 0.25) is 5.02 Å². The number of imidazole rings is 1. The van der Waals surface area contributed by atoms with E-state index in [4.69, 9.17) is 16.6 Å². The van der Waals surface area contributed by atoms with E-state index in [1.807, 2.05) is 49.4 Å². The van der Waals surface area contributed by atoms with Crippen molar-refractivity contribution in [2.75, 3.05) is 6.54 Å². The molecule has 1 atom stereocenters. The number of hydrogen-bond donors (Lipinski definition) is 1. The Kier molecular flexibility index (Phi) is 7.09. The van der Waals surface area contributed by atoms with Crippen LogP contribution < -0.4 is 5.32 Å². The number of carbonyl (C=O) groups excluding carboxylic acids is 1. The van der Waals surface area contributed by atoms with Crippen molar-refractivity contribution < 1.29 is 4.79 Å². The highest BCUT2D eigenvalue weighted by atomic mass is 35.5. The van der Waals surface area contributed by atoms with Crippen molar-refractivity contribution in [2.45, 2.75) is 46.1 Å². The van der Waals surface area contributed by atoms with E-state index in [0.29, 0.717) is 30.8 Å². The summed E-state index contributed by atoms with van der Waals surface area (Å²) in [6.07, 6.45) is 3.68. The molecule has 4 rings (SSSR count). The van der Waals surface area contributed by atoms with Gasteiger partial charge in [-0.15, -0.1) is 0 Å². The first-order chi connectivity index (χ1) is 16.0. The smallest absolute Gasteiger partial charge is 0.243 e. The SMILES string of the molecule is CC[C@H](C(=O)NCCc1ccccn1)n1c(Cc2ccccc2Cl)nc2cc(C)c(C)cc21. The van der Waals surface area contributed by atoms with E-state index in [1.165, 1.54) is 11.1 Å². The zero-order valence-electron chi connectivity index (χ0n) is 19.3. The maximum atomic E-state index is 13.3. The van der Waals surface area contributed by atoms with Crippen LogP contribution in [0.3, 0.4) is 0 Å². The molecule has 0 radical (unpaired) electrons. The molecule has 0 aliphatic carbocycles. The van der Waals surface area contributed by atoms with E-state index in [9.17, 15) is 4.79 Å². The van der Waals surface area contributed by atoms with Gasteiger partial charge in [0.25, 0.3) is 0 Å². The molecule has 2 heterocycles. The average Bonchev–Trinajstić information content (AvgIpc) is 3.13. The zero-order valence-corrected chi connectivity index (χ0v) is 20.1. The van der Waals surface area contributed by atoms with Crippen LogP contribution in [-0.2, 0) is 17.6 Å². The van der Waals surface area contributed by atoms with E-state index in [1.54, 1.807) is 6.20 Å². The molecular formula is C27H29ClN4O. The number of hydrogen-bond acceptors (Lipinski definition) is 3. The third-order valence-electron chi connectivity index (χ3n) is 6.09. The van der Waals surface area contributed by atoms with E-state index in [2.05, 4.69) is 40.8 Å². The third kappa shape index (κ3) is 5.09. The molecule has 2 aromatic carbocycles. The van der Waals surface area contributed by atoms with E-state index >= 15 is 0 Å². The van der Waals surface area contributed by atoms with Gasteiger partial charge in [0.15, 0.2) is 0 Å². The Bertz CT molecular complexity index is 1270. The normalized spacial score (nSPS) is 12.1. The molecule has 0 saturated heterocycles. The zero-order chi connectivity index (χ0) is 23.4. The lowest BCUT2D eigenvalue weighted by Crippen LogP contribution is -2.34. The van der Waals surface area contributed by atoms with Gasteiger partial charge < -0.3 is 9.88 Å². The van der Waals surface area contributed by atoms with Crippen molar-refractivity contribution >= 4 is 28.5 Å². The summed E-state index contributed by atoms with van der Waals surface area (Å²) in [5.41, 5.74) is 6.20. The average molecular weight is 461 g/mol. The lowest BCUT2D eigenvalue weighted by Gasteiger charge is -2.21. The molecule has 1 amide bonds. The molecule has 6 heteroatoms. The van der Waals surface area contributed by atoms with Crippen LogP contribution in [-0.4, -0.2) is 27.0 Å². The number of aromatic nitrogens is 3. The first-order valence-electron chi connectivity index (χ1n) is 11.4. The fourth-order valence-electron chi connectivity index (χ4n) is 4.15. The molecule has 0 aliphatic heterocycles. The van der Waals surface area contributed by atoms with E-state index < -0.39 is 0 Å². The topological polar surface area (TPSA) is 59.8 Å². The second kappa shape index (κ2) is 10.2. The maximum absolute atomic E-state index is 13.3. The van der Waals surface area contributed by atoms with Gasteiger partial charge in [0.05, 0.1) is 11.0 Å². The van der Waals surface area contributed by atoms with Gasteiger partial charge in [0.2, 0.25) is 5.91 Å². The van der Waals surface area contributed by atoms with Gasteiger partial charge in [-0.25, -0.2) is 4.98 Å². The fraction of sp³-hybridized carbons (Fsp3) is 0.296. The molecule has 0 saturated carbocycles. The quantitative estimate of drug-likeness (QED) is 0.372. The van der Waals surface area contributed by atoms with Crippen LogP contribution in [0.25, 0.3) is 11.0 Å². The van der Waals surface area contributed by atoms with Gasteiger partial charge in [0.1, 0.15) is 11.9 Å². The van der Waals surface area contributed by atoms with Crippen molar-refractivity contribution in [1.29, 1.82) is 0 Å². The Balaban J connectivity index is 1.67. The monoisotopic (exact) mass is 460 g/mol. The summed E-state index contributed by atoms with van der Waals surface area (Å²) in [6, 6.07) is 17.5. The molecule has 0 aliphatic rings.